The van der Waals surface area contributed by atoms with Gasteiger partial charge in [-0.25, -0.2) is 0 Å². The summed E-state index contributed by atoms with van der Waals surface area (Å²) < 4.78 is 0. The molecule has 3 rings (SSSR count). The van der Waals surface area contributed by atoms with Crippen molar-refractivity contribution in [1.82, 2.24) is 4.90 Å². The van der Waals surface area contributed by atoms with Gasteiger partial charge in [0.1, 0.15) is 5.70 Å². The highest BCUT2D eigenvalue weighted by Crippen LogP contribution is 2.30. The number of carbonyl (C=O) groups is 2. The maximum atomic E-state index is 12.7. The van der Waals surface area contributed by atoms with Gasteiger partial charge >= 0.3 is 0 Å². The molecule has 0 unspecified atom stereocenters. The van der Waals surface area contributed by atoms with E-state index in [9.17, 15) is 9.59 Å². The Morgan fingerprint density at radius 2 is 1.67 bits per heavy atom. The molecule has 2 amide bonds. The molecule has 0 atom stereocenters. The van der Waals surface area contributed by atoms with Crippen molar-refractivity contribution in [3.05, 3.63) is 83.5 Å². The molecule has 1 aliphatic rings. The van der Waals surface area contributed by atoms with Crippen molar-refractivity contribution in [2.75, 3.05) is 11.9 Å². The smallest absolute Gasteiger partial charge is 0.278 e. The summed E-state index contributed by atoms with van der Waals surface area (Å²) in [5.41, 5.74) is 1.97. The van der Waals surface area contributed by atoms with Crippen LogP contribution < -0.4 is 5.32 Å². The third-order valence-electron chi connectivity index (χ3n) is 3.66. The van der Waals surface area contributed by atoms with Gasteiger partial charge in [-0.3, -0.25) is 14.5 Å². The van der Waals surface area contributed by atoms with E-state index in [-0.39, 0.29) is 24.1 Å². The van der Waals surface area contributed by atoms with E-state index in [1.54, 1.807) is 24.3 Å². The number of hydrogen-bond donors (Lipinski definition) is 1. The Morgan fingerprint density at radius 1 is 1.00 bits per heavy atom. The number of nitrogens with one attached hydrogen (secondary N) is 1. The largest absolute Gasteiger partial charge is 0.350 e. The van der Waals surface area contributed by atoms with Gasteiger partial charge in [0.25, 0.3) is 11.8 Å². The minimum absolute atomic E-state index is 0.161. The predicted molar refractivity (Wildman–Crippen MR) is 95.4 cm³/mol. The number of benzene rings is 2. The second-order valence-electron chi connectivity index (χ2n) is 5.26. The monoisotopic (exact) mass is 338 g/mol. The summed E-state index contributed by atoms with van der Waals surface area (Å²) in [5, 5.41) is 3.64. The van der Waals surface area contributed by atoms with E-state index >= 15 is 0 Å². The molecular weight excluding hydrogens is 324 g/mol. The number of halogens is 1. The van der Waals surface area contributed by atoms with Crippen LogP contribution in [0, 0.1) is 0 Å². The summed E-state index contributed by atoms with van der Waals surface area (Å²) in [7, 11) is 0. The van der Waals surface area contributed by atoms with E-state index < -0.39 is 0 Å². The lowest BCUT2D eigenvalue weighted by molar-refractivity contribution is -0.136. The molecule has 1 N–H and O–H groups in total. The van der Waals surface area contributed by atoms with E-state index in [1.165, 1.54) is 11.0 Å². The summed E-state index contributed by atoms with van der Waals surface area (Å²) >= 11 is 5.92. The molecule has 2 aromatic carbocycles. The zero-order chi connectivity index (χ0) is 17.1. The lowest BCUT2D eigenvalue weighted by Crippen LogP contribution is -2.32. The molecule has 0 fully saturated rings. The second-order valence-corrected chi connectivity index (χ2v) is 5.69. The molecule has 24 heavy (non-hydrogen) atoms. The minimum Gasteiger partial charge on any atom is -0.350 e. The van der Waals surface area contributed by atoms with Gasteiger partial charge < -0.3 is 5.32 Å². The van der Waals surface area contributed by atoms with E-state index in [2.05, 4.69) is 11.9 Å². The Labute approximate surface area is 145 Å². The highest BCUT2D eigenvalue weighted by atomic mass is 35.5. The topological polar surface area (TPSA) is 49.4 Å². The van der Waals surface area contributed by atoms with Gasteiger partial charge in [0.05, 0.1) is 5.57 Å². The number of carbonyl (C=O) groups excluding carboxylic acids is 2. The third-order valence-corrected chi connectivity index (χ3v) is 3.91. The van der Waals surface area contributed by atoms with Crippen molar-refractivity contribution in [3.8, 4) is 0 Å². The maximum absolute atomic E-state index is 12.7. The van der Waals surface area contributed by atoms with Crippen LogP contribution in [0.15, 0.2) is 72.9 Å². The van der Waals surface area contributed by atoms with Gasteiger partial charge in [0.2, 0.25) is 0 Å². The third kappa shape index (κ3) is 2.96. The standard InChI is InChI=1S/C19H15ClN2O2/c1-2-12-22-18(23)16(13-8-10-14(20)11-9-13)17(19(22)24)21-15-6-4-3-5-7-15/h2-11,21H,1,12H2. The molecule has 5 heteroatoms. The summed E-state index contributed by atoms with van der Waals surface area (Å²) in [6, 6.07) is 16.1. The number of nitrogens with zero attached hydrogens (tertiary/aromatic N) is 1. The SMILES string of the molecule is C=CCN1C(=O)C(Nc2ccccc2)=C(c2ccc(Cl)cc2)C1=O. The molecule has 4 nitrogen and oxygen atoms in total. The van der Waals surface area contributed by atoms with Gasteiger partial charge in [-0.05, 0) is 29.8 Å². The molecule has 0 saturated heterocycles. The molecule has 0 bridgehead atoms. The maximum Gasteiger partial charge on any atom is 0.278 e. The van der Waals surface area contributed by atoms with Gasteiger partial charge in [0.15, 0.2) is 0 Å². The first-order chi connectivity index (χ1) is 11.6. The summed E-state index contributed by atoms with van der Waals surface area (Å²) in [6.07, 6.45) is 1.53. The number of amides is 2. The number of anilines is 1. The molecule has 1 heterocycles. The molecule has 0 radical (unpaired) electrons. The average Bonchev–Trinajstić information content (AvgIpc) is 2.82. The van der Waals surface area contributed by atoms with E-state index in [0.29, 0.717) is 16.2 Å². The Morgan fingerprint density at radius 3 is 2.29 bits per heavy atom. The first-order valence-corrected chi connectivity index (χ1v) is 7.79. The second kappa shape index (κ2) is 6.72. The normalized spacial score (nSPS) is 14.3. The fraction of sp³-hybridized carbons (Fsp3) is 0.0526. The summed E-state index contributed by atoms with van der Waals surface area (Å²) in [4.78, 5) is 26.6. The summed E-state index contributed by atoms with van der Waals surface area (Å²) in [5.74, 6) is -0.714. The fourth-order valence-electron chi connectivity index (χ4n) is 2.54. The summed E-state index contributed by atoms with van der Waals surface area (Å²) in [6.45, 7) is 3.77. The van der Waals surface area contributed by atoms with Crippen LogP contribution in [-0.4, -0.2) is 23.3 Å². The number of hydrogen-bond acceptors (Lipinski definition) is 3. The zero-order valence-electron chi connectivity index (χ0n) is 12.8. The minimum atomic E-state index is -0.367. The van der Waals surface area contributed by atoms with Gasteiger partial charge in [-0.1, -0.05) is 48.0 Å². The first kappa shape index (κ1) is 16.0. The lowest BCUT2D eigenvalue weighted by Gasteiger charge is -2.12. The van der Waals surface area contributed by atoms with Gasteiger partial charge in [0, 0.05) is 17.3 Å². The van der Waals surface area contributed by atoms with Crippen LogP contribution in [0.4, 0.5) is 5.69 Å². The van der Waals surface area contributed by atoms with Crippen molar-refractivity contribution in [1.29, 1.82) is 0 Å². The molecule has 1 aliphatic heterocycles. The van der Waals surface area contributed by atoms with Crippen molar-refractivity contribution >= 4 is 34.7 Å². The Kier molecular flexibility index (Phi) is 4.49. The van der Waals surface area contributed by atoms with Crippen LogP contribution in [0.2, 0.25) is 5.02 Å². The average molecular weight is 339 g/mol. The van der Waals surface area contributed by atoms with Crippen molar-refractivity contribution < 1.29 is 9.59 Å². The van der Waals surface area contributed by atoms with Crippen molar-refractivity contribution in [2.45, 2.75) is 0 Å². The predicted octanol–water partition coefficient (Wildman–Crippen LogP) is 3.72. The van der Waals surface area contributed by atoms with Gasteiger partial charge in [-0.15, -0.1) is 6.58 Å². The molecule has 0 spiro atoms. The van der Waals surface area contributed by atoms with Crippen LogP contribution in [0.3, 0.4) is 0 Å². The zero-order valence-corrected chi connectivity index (χ0v) is 13.6. The van der Waals surface area contributed by atoms with E-state index in [4.69, 9.17) is 11.6 Å². The number of imide groups is 1. The first-order valence-electron chi connectivity index (χ1n) is 7.41. The van der Waals surface area contributed by atoms with Crippen LogP contribution in [0.1, 0.15) is 5.56 Å². The molecule has 120 valence electrons. The molecule has 0 aliphatic carbocycles. The molecule has 2 aromatic rings. The van der Waals surface area contributed by atoms with E-state index in [1.807, 2.05) is 30.3 Å². The van der Waals surface area contributed by atoms with Crippen LogP contribution in [0.25, 0.3) is 5.57 Å². The Balaban J connectivity index is 2.08. The highest BCUT2D eigenvalue weighted by molar-refractivity contribution is 6.37. The van der Waals surface area contributed by atoms with Gasteiger partial charge in [-0.2, -0.15) is 0 Å². The Hall–Kier alpha value is -2.85. The lowest BCUT2D eigenvalue weighted by atomic mass is 10.0. The molecular formula is C19H15ClN2O2. The van der Waals surface area contributed by atoms with Crippen molar-refractivity contribution in [2.24, 2.45) is 0 Å². The number of rotatable bonds is 5. The number of para-hydroxylation sites is 1. The molecule has 0 aromatic heterocycles. The quantitative estimate of drug-likeness (QED) is 0.667. The molecule has 0 saturated carbocycles. The van der Waals surface area contributed by atoms with Crippen molar-refractivity contribution in [3.63, 3.8) is 0 Å². The van der Waals surface area contributed by atoms with Crippen LogP contribution in [0.5, 0.6) is 0 Å². The Bertz CT molecular complexity index is 826. The fourth-order valence-corrected chi connectivity index (χ4v) is 2.66. The highest BCUT2D eigenvalue weighted by Gasteiger charge is 2.38. The van der Waals surface area contributed by atoms with Crippen LogP contribution in [-0.2, 0) is 9.59 Å². The van der Waals surface area contributed by atoms with E-state index in [0.717, 1.165) is 5.69 Å². The van der Waals surface area contributed by atoms with Crippen LogP contribution >= 0.6 is 11.6 Å².